The number of aromatic nitrogens is 1. The molecule has 0 saturated carbocycles. The second-order valence-corrected chi connectivity index (χ2v) is 6.15. The number of aliphatic hydroxyl groups excluding tert-OH is 1. The number of primary amides is 1. The third-order valence-corrected chi connectivity index (χ3v) is 4.51. The van der Waals surface area contributed by atoms with Crippen LogP contribution < -0.4 is 5.73 Å². The summed E-state index contributed by atoms with van der Waals surface area (Å²) in [5.41, 5.74) is 2.30. The van der Waals surface area contributed by atoms with Gasteiger partial charge in [-0.1, -0.05) is 0 Å². The Balaban J connectivity index is 2.30. The van der Waals surface area contributed by atoms with Gasteiger partial charge in [-0.05, 0) is 24.6 Å². The molecule has 1 heterocycles. The van der Waals surface area contributed by atoms with E-state index in [-0.39, 0.29) is 16.9 Å². The van der Waals surface area contributed by atoms with Gasteiger partial charge in [0.05, 0.1) is 11.1 Å². The van der Waals surface area contributed by atoms with Crippen LogP contribution in [0.1, 0.15) is 34.9 Å². The van der Waals surface area contributed by atoms with E-state index in [1.54, 1.807) is 6.07 Å². The van der Waals surface area contributed by atoms with Gasteiger partial charge in [0.25, 0.3) is 11.8 Å². The molecule has 0 fully saturated rings. The summed E-state index contributed by atoms with van der Waals surface area (Å²) >= 11 is 0. The zero-order chi connectivity index (χ0) is 20.1. The number of hydrogen-bond acceptors (Lipinski definition) is 3. The number of hydrogen-bond donors (Lipinski definition) is 2. The number of nitrogens with zero attached hydrogens (tertiary/aromatic N) is 2. The summed E-state index contributed by atoms with van der Waals surface area (Å²) in [4.78, 5) is 11.2. The summed E-state index contributed by atoms with van der Waals surface area (Å²) in [5.74, 6) is -10.9. The van der Waals surface area contributed by atoms with Gasteiger partial charge in [-0.3, -0.25) is 4.79 Å². The van der Waals surface area contributed by atoms with Crippen molar-refractivity contribution in [2.45, 2.75) is 30.8 Å². The standard InChI is InChI=1S/C17H12F5N3O2/c18-11-2-1-9(5-8(11)6-23)25-7-10(17(21,22)15(24)27)13-12(25)3-4-16(19,20)14(13)26/h1-2,5,7,14,26H,3-4H2,(H2,24,27). The van der Waals surface area contributed by atoms with Crippen molar-refractivity contribution in [3.8, 4) is 11.8 Å². The van der Waals surface area contributed by atoms with E-state index >= 15 is 0 Å². The van der Waals surface area contributed by atoms with Crippen LogP contribution in [0.3, 0.4) is 0 Å². The highest BCUT2D eigenvalue weighted by Crippen LogP contribution is 2.47. The van der Waals surface area contributed by atoms with E-state index in [9.17, 15) is 31.9 Å². The van der Waals surface area contributed by atoms with Crippen molar-refractivity contribution in [1.82, 2.24) is 4.57 Å². The van der Waals surface area contributed by atoms with Crippen molar-refractivity contribution < 1.29 is 31.9 Å². The van der Waals surface area contributed by atoms with Crippen molar-refractivity contribution in [2.24, 2.45) is 5.73 Å². The molecule has 1 aromatic heterocycles. The van der Waals surface area contributed by atoms with E-state index < -0.39 is 53.6 Å². The molecule has 1 aromatic carbocycles. The Hall–Kier alpha value is -2.93. The van der Waals surface area contributed by atoms with Gasteiger partial charge in [0, 0.05) is 29.6 Å². The second-order valence-electron chi connectivity index (χ2n) is 6.15. The lowest BCUT2D eigenvalue weighted by Gasteiger charge is -2.30. The van der Waals surface area contributed by atoms with Gasteiger partial charge >= 0.3 is 5.92 Å². The van der Waals surface area contributed by atoms with E-state index in [1.807, 2.05) is 0 Å². The highest BCUT2D eigenvalue weighted by Gasteiger charge is 2.51. The fraction of sp³-hybridized carbons (Fsp3) is 0.294. The van der Waals surface area contributed by atoms with Crippen LogP contribution in [0.5, 0.6) is 0 Å². The lowest BCUT2D eigenvalue weighted by molar-refractivity contribution is -0.145. The minimum Gasteiger partial charge on any atom is -0.382 e. The molecule has 1 unspecified atom stereocenters. The fourth-order valence-corrected chi connectivity index (χ4v) is 3.12. The third kappa shape index (κ3) is 2.84. The number of fused-ring (bicyclic) bond motifs is 1. The zero-order valence-electron chi connectivity index (χ0n) is 13.5. The average Bonchev–Trinajstić information content (AvgIpc) is 2.99. The maximum Gasteiger partial charge on any atom is 0.351 e. The van der Waals surface area contributed by atoms with Crippen LogP contribution >= 0.6 is 0 Å². The van der Waals surface area contributed by atoms with Gasteiger partial charge in [-0.25, -0.2) is 13.2 Å². The van der Waals surface area contributed by atoms with E-state index in [1.165, 1.54) is 0 Å². The first kappa shape index (κ1) is 18.8. The number of rotatable bonds is 3. The van der Waals surface area contributed by atoms with Crippen molar-refractivity contribution >= 4 is 5.91 Å². The predicted molar refractivity (Wildman–Crippen MR) is 81.8 cm³/mol. The van der Waals surface area contributed by atoms with Gasteiger partial charge in [0.2, 0.25) is 0 Å². The molecule has 5 nitrogen and oxygen atoms in total. The quantitative estimate of drug-likeness (QED) is 0.796. The molecule has 2 aromatic rings. The first-order chi connectivity index (χ1) is 12.5. The van der Waals surface area contributed by atoms with Gasteiger partial charge in [-0.15, -0.1) is 0 Å². The lowest BCUT2D eigenvalue weighted by Crippen LogP contribution is -2.37. The Labute approximate surface area is 149 Å². The molecule has 3 rings (SSSR count). The first-order valence-corrected chi connectivity index (χ1v) is 7.69. The van der Waals surface area contributed by atoms with Crippen molar-refractivity contribution in [3.05, 3.63) is 52.6 Å². The van der Waals surface area contributed by atoms with Gasteiger partial charge < -0.3 is 15.4 Å². The van der Waals surface area contributed by atoms with E-state index in [4.69, 9.17) is 11.0 Å². The largest absolute Gasteiger partial charge is 0.382 e. The Morgan fingerprint density at radius 2 is 2.07 bits per heavy atom. The van der Waals surface area contributed by atoms with Crippen LogP contribution in [0.15, 0.2) is 24.4 Å². The minimum absolute atomic E-state index is 0.0353. The Morgan fingerprint density at radius 3 is 2.67 bits per heavy atom. The van der Waals surface area contributed by atoms with Gasteiger partial charge in [-0.2, -0.15) is 14.0 Å². The van der Waals surface area contributed by atoms with Crippen LogP contribution in [0, 0.1) is 17.1 Å². The summed E-state index contributed by atoms with van der Waals surface area (Å²) in [6.07, 6.45) is -3.08. The number of carbonyl (C=O) groups is 1. The molecule has 27 heavy (non-hydrogen) atoms. The smallest absolute Gasteiger partial charge is 0.351 e. The number of alkyl halides is 4. The molecule has 10 heteroatoms. The van der Waals surface area contributed by atoms with Crippen molar-refractivity contribution in [2.75, 3.05) is 0 Å². The number of benzene rings is 1. The highest BCUT2D eigenvalue weighted by molar-refractivity contribution is 5.83. The van der Waals surface area contributed by atoms with E-state index in [0.717, 1.165) is 22.8 Å². The van der Waals surface area contributed by atoms with Gasteiger partial charge in [0.15, 0.2) is 0 Å². The predicted octanol–water partition coefficient (Wildman–Crippen LogP) is 2.68. The number of amides is 1. The molecule has 1 amide bonds. The number of halogens is 5. The Bertz CT molecular complexity index is 978. The summed E-state index contributed by atoms with van der Waals surface area (Å²) in [6.45, 7) is 0. The molecule has 1 atom stereocenters. The first-order valence-electron chi connectivity index (χ1n) is 7.69. The zero-order valence-corrected chi connectivity index (χ0v) is 13.5. The minimum atomic E-state index is -4.32. The molecule has 1 aliphatic carbocycles. The van der Waals surface area contributed by atoms with Crippen LogP contribution in [-0.2, 0) is 17.1 Å². The average molecular weight is 385 g/mol. The topological polar surface area (TPSA) is 92.0 Å². The SMILES string of the molecule is N#Cc1cc(-n2cc(C(F)(F)C(N)=O)c3c2CCC(F)(F)C3O)ccc1F. The normalized spacial score (nSPS) is 18.6. The molecule has 1 aliphatic rings. The van der Waals surface area contributed by atoms with Crippen LogP contribution in [0.2, 0.25) is 0 Å². The van der Waals surface area contributed by atoms with E-state index in [2.05, 4.69) is 0 Å². The van der Waals surface area contributed by atoms with E-state index in [0.29, 0.717) is 6.20 Å². The van der Waals surface area contributed by atoms with Gasteiger partial charge in [0.1, 0.15) is 18.0 Å². The number of nitrogens with two attached hydrogens (primary N) is 1. The highest BCUT2D eigenvalue weighted by atomic mass is 19.3. The fourth-order valence-electron chi connectivity index (χ4n) is 3.12. The second kappa shape index (κ2) is 6.06. The molecule has 0 radical (unpaired) electrons. The van der Waals surface area contributed by atoms with Crippen LogP contribution in [0.4, 0.5) is 22.0 Å². The molecule has 0 spiro atoms. The maximum atomic E-state index is 14.3. The molecule has 0 aliphatic heterocycles. The third-order valence-electron chi connectivity index (χ3n) is 4.51. The lowest BCUT2D eigenvalue weighted by atomic mass is 9.87. The molecule has 0 bridgehead atoms. The number of aliphatic hydroxyl groups is 1. The Morgan fingerprint density at radius 1 is 1.41 bits per heavy atom. The summed E-state index contributed by atoms with van der Waals surface area (Å²) < 4.78 is 70.9. The summed E-state index contributed by atoms with van der Waals surface area (Å²) in [7, 11) is 0. The molecular formula is C17H12F5N3O2. The van der Waals surface area contributed by atoms with Crippen molar-refractivity contribution in [1.29, 1.82) is 5.26 Å². The van der Waals surface area contributed by atoms with Crippen LogP contribution in [0.25, 0.3) is 5.69 Å². The molecular weight excluding hydrogens is 373 g/mol. The molecule has 0 saturated heterocycles. The van der Waals surface area contributed by atoms with Crippen molar-refractivity contribution in [3.63, 3.8) is 0 Å². The number of nitriles is 1. The number of carbonyl (C=O) groups excluding carboxylic acids is 1. The summed E-state index contributed by atoms with van der Waals surface area (Å²) in [5, 5.41) is 18.9. The summed E-state index contributed by atoms with van der Waals surface area (Å²) in [6, 6.07) is 4.70. The monoisotopic (exact) mass is 385 g/mol. The molecule has 142 valence electrons. The van der Waals surface area contributed by atoms with Crippen LogP contribution in [-0.4, -0.2) is 21.5 Å². The Kier molecular flexibility index (Phi) is 4.23. The maximum absolute atomic E-state index is 14.3. The molecule has 3 N–H and O–H groups in total.